The van der Waals surface area contributed by atoms with Crippen molar-refractivity contribution in [1.29, 1.82) is 0 Å². The lowest BCUT2D eigenvalue weighted by atomic mass is 9.75. The molecule has 0 aliphatic heterocycles. The molecule has 0 atom stereocenters. The SMILES string of the molecule is C/C(=C(/N)c1cc(C2CCC(c3c(C)cccc3F)CC2)c(=O)n(Cc2ccccc2C(F)(F)F)n1)N(N)C(F)F. The largest absolute Gasteiger partial charge is 0.416 e. The maximum absolute atomic E-state index is 14.6. The number of hydrogen-bond donors (Lipinski definition) is 2. The number of allylic oxidation sites excluding steroid dienone is 1. The average molecular weight is 580 g/mol. The fourth-order valence-corrected chi connectivity index (χ4v) is 5.52. The van der Waals surface area contributed by atoms with Crippen molar-refractivity contribution in [3.8, 4) is 0 Å². The first-order chi connectivity index (χ1) is 19.3. The van der Waals surface area contributed by atoms with Crippen molar-refractivity contribution in [2.24, 2.45) is 11.6 Å². The van der Waals surface area contributed by atoms with Gasteiger partial charge in [-0.1, -0.05) is 30.3 Å². The van der Waals surface area contributed by atoms with E-state index < -0.39 is 30.4 Å². The molecule has 1 aromatic heterocycles. The number of nitrogens with zero attached hydrogens (tertiary/aromatic N) is 3. The van der Waals surface area contributed by atoms with E-state index in [1.165, 1.54) is 37.3 Å². The summed E-state index contributed by atoms with van der Waals surface area (Å²) in [5, 5.41) is 4.32. The Morgan fingerprint density at radius 1 is 1.07 bits per heavy atom. The van der Waals surface area contributed by atoms with E-state index in [9.17, 15) is 31.1 Å². The maximum atomic E-state index is 14.6. The van der Waals surface area contributed by atoms with Crippen LogP contribution < -0.4 is 17.1 Å². The second-order valence-electron chi connectivity index (χ2n) is 10.3. The van der Waals surface area contributed by atoms with Crippen LogP contribution in [0.1, 0.15) is 78.0 Å². The third-order valence-electron chi connectivity index (χ3n) is 7.75. The van der Waals surface area contributed by atoms with Crippen LogP contribution in [0.2, 0.25) is 0 Å². The number of nitrogens with two attached hydrogens (primary N) is 2. The van der Waals surface area contributed by atoms with Gasteiger partial charge in [-0.3, -0.25) is 9.80 Å². The number of aryl methyl sites for hydroxylation is 1. The predicted molar refractivity (Wildman–Crippen MR) is 143 cm³/mol. The molecule has 2 aromatic carbocycles. The van der Waals surface area contributed by atoms with Crippen LogP contribution in [0.15, 0.2) is 59.0 Å². The summed E-state index contributed by atoms with van der Waals surface area (Å²) in [7, 11) is 0. The Morgan fingerprint density at radius 3 is 2.32 bits per heavy atom. The number of hydrogen-bond acceptors (Lipinski definition) is 5. The first-order valence-corrected chi connectivity index (χ1v) is 13.1. The van der Waals surface area contributed by atoms with Gasteiger partial charge in [0.15, 0.2) is 0 Å². The third-order valence-corrected chi connectivity index (χ3v) is 7.75. The molecule has 1 heterocycles. The molecule has 1 fully saturated rings. The van der Waals surface area contributed by atoms with Crippen LogP contribution in [0.4, 0.5) is 26.3 Å². The summed E-state index contributed by atoms with van der Waals surface area (Å²) in [6, 6.07) is 11.1. The minimum Gasteiger partial charge on any atom is -0.395 e. The fourth-order valence-electron chi connectivity index (χ4n) is 5.52. The highest BCUT2D eigenvalue weighted by Crippen LogP contribution is 2.41. The van der Waals surface area contributed by atoms with E-state index in [4.69, 9.17) is 11.6 Å². The van der Waals surface area contributed by atoms with Crippen molar-refractivity contribution < 1.29 is 26.3 Å². The van der Waals surface area contributed by atoms with Gasteiger partial charge in [0, 0.05) is 5.56 Å². The normalized spacial score (nSPS) is 18.4. The molecular formula is C29H31F6N5O. The summed E-state index contributed by atoms with van der Waals surface area (Å²) in [5.41, 5.74) is 5.61. The Morgan fingerprint density at radius 2 is 1.71 bits per heavy atom. The van der Waals surface area contributed by atoms with E-state index in [1.54, 1.807) is 6.07 Å². The summed E-state index contributed by atoms with van der Waals surface area (Å²) in [6.07, 6.45) is -2.52. The summed E-state index contributed by atoms with van der Waals surface area (Å²) >= 11 is 0. The number of benzene rings is 2. The maximum Gasteiger partial charge on any atom is 0.416 e. The molecule has 1 saturated carbocycles. The fraction of sp³-hybridized carbons (Fsp3) is 0.379. The lowest BCUT2D eigenvalue weighted by Gasteiger charge is -2.30. The molecule has 0 bridgehead atoms. The van der Waals surface area contributed by atoms with Crippen LogP contribution >= 0.6 is 0 Å². The molecule has 4 N–H and O–H groups in total. The molecule has 4 rings (SSSR count). The molecule has 0 saturated heterocycles. The molecule has 3 aromatic rings. The first-order valence-electron chi connectivity index (χ1n) is 13.1. The Kier molecular flexibility index (Phi) is 8.81. The summed E-state index contributed by atoms with van der Waals surface area (Å²) in [4.78, 5) is 13.6. The molecule has 0 unspecified atom stereocenters. The second-order valence-corrected chi connectivity index (χ2v) is 10.3. The second kappa shape index (κ2) is 12.0. The van der Waals surface area contributed by atoms with Gasteiger partial charge >= 0.3 is 12.7 Å². The van der Waals surface area contributed by atoms with Gasteiger partial charge in [0.2, 0.25) is 0 Å². The molecule has 1 aliphatic rings. The lowest BCUT2D eigenvalue weighted by molar-refractivity contribution is -0.138. The average Bonchev–Trinajstić information content (AvgIpc) is 2.93. The molecule has 12 heteroatoms. The molecule has 1 aliphatic carbocycles. The van der Waals surface area contributed by atoms with E-state index in [2.05, 4.69) is 5.10 Å². The van der Waals surface area contributed by atoms with Gasteiger partial charge in [-0.2, -0.15) is 27.1 Å². The van der Waals surface area contributed by atoms with Crippen molar-refractivity contribution in [1.82, 2.24) is 14.8 Å². The molecule has 6 nitrogen and oxygen atoms in total. The zero-order chi connectivity index (χ0) is 30.1. The Hall–Kier alpha value is -3.80. The highest BCUT2D eigenvalue weighted by molar-refractivity contribution is 5.62. The minimum atomic E-state index is -4.67. The number of rotatable bonds is 7. The zero-order valence-electron chi connectivity index (χ0n) is 22.6. The van der Waals surface area contributed by atoms with E-state index >= 15 is 0 Å². The molecule has 41 heavy (non-hydrogen) atoms. The lowest BCUT2D eigenvalue weighted by Crippen LogP contribution is -2.36. The van der Waals surface area contributed by atoms with Crippen LogP contribution in [-0.4, -0.2) is 21.3 Å². The topological polar surface area (TPSA) is 90.2 Å². The van der Waals surface area contributed by atoms with Crippen LogP contribution in [0.3, 0.4) is 0 Å². The molecule has 0 amide bonds. The smallest absolute Gasteiger partial charge is 0.395 e. The highest BCUT2D eigenvalue weighted by atomic mass is 19.4. The van der Waals surface area contributed by atoms with Crippen molar-refractivity contribution in [2.75, 3.05) is 0 Å². The van der Waals surface area contributed by atoms with Crippen LogP contribution in [0.5, 0.6) is 0 Å². The van der Waals surface area contributed by atoms with Gasteiger partial charge in [0.25, 0.3) is 5.56 Å². The van der Waals surface area contributed by atoms with Crippen LogP contribution in [-0.2, 0) is 12.7 Å². The van der Waals surface area contributed by atoms with Gasteiger partial charge in [-0.25, -0.2) is 14.9 Å². The summed E-state index contributed by atoms with van der Waals surface area (Å²) < 4.78 is 83.0. The van der Waals surface area contributed by atoms with Gasteiger partial charge < -0.3 is 5.73 Å². The monoisotopic (exact) mass is 579 g/mol. The summed E-state index contributed by atoms with van der Waals surface area (Å²) in [6.45, 7) is -0.504. The van der Waals surface area contributed by atoms with Gasteiger partial charge in [0.05, 0.1) is 23.5 Å². The van der Waals surface area contributed by atoms with Crippen LogP contribution in [0.25, 0.3) is 5.70 Å². The Labute approximate surface area is 233 Å². The number of aromatic nitrogens is 2. The van der Waals surface area contributed by atoms with Gasteiger partial charge in [0.1, 0.15) is 11.5 Å². The van der Waals surface area contributed by atoms with E-state index in [-0.39, 0.29) is 50.9 Å². The molecule has 220 valence electrons. The Bertz CT molecular complexity index is 1470. The molecule has 0 radical (unpaired) electrons. The number of alkyl halides is 5. The van der Waals surface area contributed by atoms with E-state index in [1.807, 2.05) is 13.0 Å². The van der Waals surface area contributed by atoms with Crippen molar-refractivity contribution in [2.45, 2.75) is 70.6 Å². The zero-order valence-corrected chi connectivity index (χ0v) is 22.6. The predicted octanol–water partition coefficient (Wildman–Crippen LogP) is 6.24. The summed E-state index contributed by atoms with van der Waals surface area (Å²) in [5.74, 6) is 4.76. The molecular weight excluding hydrogens is 548 g/mol. The van der Waals surface area contributed by atoms with Gasteiger partial charge in [-0.15, -0.1) is 0 Å². The standard InChI is InChI=1S/C29H31F6N5O/c1-16-6-5-9-23(30)25(16)19-12-10-18(11-13-19)21-14-24(26(36)17(2)40(37)28(31)32)38-39(27(21)41)15-20-7-3-4-8-22(20)29(33,34)35/h3-9,14,18-19,28H,10-13,15,36-37H2,1-2H3/b26-17-. The number of hydrazine groups is 1. The van der Waals surface area contributed by atoms with Crippen molar-refractivity contribution in [3.63, 3.8) is 0 Å². The minimum absolute atomic E-state index is 0.0568. The number of halogens is 6. The first kappa shape index (κ1) is 30.2. The van der Waals surface area contributed by atoms with E-state index in [0.29, 0.717) is 31.2 Å². The van der Waals surface area contributed by atoms with Crippen LogP contribution in [0, 0.1) is 12.7 Å². The van der Waals surface area contributed by atoms with Crippen molar-refractivity contribution in [3.05, 3.63) is 104 Å². The van der Waals surface area contributed by atoms with Crippen molar-refractivity contribution >= 4 is 5.70 Å². The highest BCUT2D eigenvalue weighted by Gasteiger charge is 2.34. The Balaban J connectivity index is 1.76. The molecule has 0 spiro atoms. The quantitative estimate of drug-likeness (QED) is 0.150. The third kappa shape index (κ3) is 6.42. The van der Waals surface area contributed by atoms with Gasteiger partial charge in [-0.05, 0) is 86.3 Å². The van der Waals surface area contributed by atoms with E-state index in [0.717, 1.165) is 16.3 Å².